The second kappa shape index (κ2) is 7.93. The molecule has 0 saturated carbocycles. The average molecular weight is 434 g/mol. The Bertz CT molecular complexity index is 612. The molecule has 7 heteroatoms. The maximum absolute atomic E-state index is 11.5. The van der Waals surface area contributed by atoms with Crippen molar-refractivity contribution in [2.45, 2.75) is 6.54 Å². The van der Waals surface area contributed by atoms with Crippen molar-refractivity contribution in [2.75, 3.05) is 24.4 Å². The van der Waals surface area contributed by atoms with Crippen LogP contribution in [0, 0.1) is 0 Å². The highest BCUT2D eigenvalue weighted by Gasteiger charge is 2.05. The number of methoxy groups -OCH3 is 1. The van der Waals surface area contributed by atoms with Crippen molar-refractivity contribution in [2.24, 2.45) is 0 Å². The van der Waals surface area contributed by atoms with Crippen molar-refractivity contribution in [1.29, 1.82) is 0 Å². The third kappa shape index (κ3) is 5.10. The van der Waals surface area contributed by atoms with E-state index in [0.29, 0.717) is 0 Å². The first-order valence-corrected chi connectivity index (χ1v) is 8.55. The molecule has 0 aliphatic heterocycles. The minimum atomic E-state index is -0.166. The lowest BCUT2D eigenvalue weighted by Crippen LogP contribution is -2.17. The predicted octanol–water partition coefficient (Wildman–Crippen LogP) is 4.47. The van der Waals surface area contributed by atoms with E-state index >= 15 is 0 Å². The highest BCUT2D eigenvalue weighted by Crippen LogP contribution is 2.32. The number of carbonyl (C=O) groups excluding carboxylic acids is 1. The number of ether oxygens (including phenoxy) is 1. The molecule has 0 radical (unpaired) electrons. The van der Waals surface area contributed by atoms with Crippen LogP contribution in [0.1, 0.15) is 4.88 Å². The van der Waals surface area contributed by atoms with Crippen LogP contribution in [0.25, 0.3) is 0 Å². The molecule has 2 rings (SSSR count). The van der Waals surface area contributed by atoms with E-state index in [1.807, 2.05) is 24.3 Å². The Morgan fingerprint density at radius 2 is 2.05 bits per heavy atom. The summed E-state index contributed by atoms with van der Waals surface area (Å²) in [6.45, 7) is 0.777. The van der Waals surface area contributed by atoms with Crippen LogP contribution in [0.15, 0.2) is 38.6 Å². The molecule has 1 amide bonds. The third-order valence-electron chi connectivity index (χ3n) is 2.58. The standard InChI is InChI=1S/C14H14Br2N2O2S/c1-20-8-13(19)18-10-4-2-3-9(5-10)17-7-11-6-12(15)14(16)21-11/h2-6,17H,7-8H2,1H3,(H,18,19). The Morgan fingerprint density at radius 3 is 2.71 bits per heavy atom. The zero-order valence-corrected chi connectivity index (χ0v) is 15.3. The monoisotopic (exact) mass is 432 g/mol. The van der Waals surface area contributed by atoms with E-state index in [4.69, 9.17) is 4.74 Å². The lowest BCUT2D eigenvalue weighted by Gasteiger charge is -2.08. The number of thiophene rings is 1. The summed E-state index contributed by atoms with van der Waals surface area (Å²) >= 11 is 8.63. The lowest BCUT2D eigenvalue weighted by molar-refractivity contribution is -0.119. The van der Waals surface area contributed by atoms with Gasteiger partial charge in [-0.1, -0.05) is 6.07 Å². The quantitative estimate of drug-likeness (QED) is 0.706. The van der Waals surface area contributed by atoms with Crippen LogP contribution in [0.2, 0.25) is 0 Å². The summed E-state index contributed by atoms with van der Waals surface area (Å²) in [5.41, 5.74) is 1.70. The van der Waals surface area contributed by atoms with Crippen LogP contribution in [0.5, 0.6) is 0 Å². The van der Waals surface area contributed by atoms with E-state index in [9.17, 15) is 4.79 Å². The molecule has 1 aromatic heterocycles. The summed E-state index contributed by atoms with van der Waals surface area (Å²) in [4.78, 5) is 12.7. The molecule has 21 heavy (non-hydrogen) atoms. The topological polar surface area (TPSA) is 50.4 Å². The number of rotatable bonds is 6. The van der Waals surface area contributed by atoms with Gasteiger partial charge in [0, 0.05) is 34.4 Å². The molecule has 0 bridgehead atoms. The molecular formula is C14H14Br2N2O2S. The Morgan fingerprint density at radius 1 is 1.29 bits per heavy atom. The highest BCUT2D eigenvalue weighted by molar-refractivity contribution is 9.13. The first kappa shape index (κ1) is 16.5. The number of amides is 1. The molecule has 0 atom stereocenters. The number of benzene rings is 1. The van der Waals surface area contributed by atoms with Crippen LogP contribution in [-0.2, 0) is 16.1 Å². The van der Waals surface area contributed by atoms with E-state index < -0.39 is 0 Å². The minimum absolute atomic E-state index is 0.0505. The summed E-state index contributed by atoms with van der Waals surface area (Å²) in [7, 11) is 1.49. The highest BCUT2D eigenvalue weighted by atomic mass is 79.9. The average Bonchev–Trinajstić information content (AvgIpc) is 2.76. The fraction of sp³-hybridized carbons (Fsp3) is 0.214. The van der Waals surface area contributed by atoms with Crippen molar-refractivity contribution >= 4 is 60.5 Å². The van der Waals surface area contributed by atoms with E-state index in [1.165, 1.54) is 12.0 Å². The molecular weight excluding hydrogens is 420 g/mol. The van der Waals surface area contributed by atoms with Crippen molar-refractivity contribution < 1.29 is 9.53 Å². The smallest absolute Gasteiger partial charge is 0.250 e. The van der Waals surface area contributed by atoms with E-state index in [0.717, 1.165) is 26.2 Å². The number of hydrogen-bond donors (Lipinski definition) is 2. The van der Waals surface area contributed by atoms with Gasteiger partial charge in [-0.05, 0) is 56.1 Å². The lowest BCUT2D eigenvalue weighted by atomic mass is 10.2. The number of carbonyl (C=O) groups is 1. The van der Waals surface area contributed by atoms with Gasteiger partial charge < -0.3 is 15.4 Å². The number of hydrogen-bond acceptors (Lipinski definition) is 4. The third-order valence-corrected chi connectivity index (χ3v) is 5.84. The summed E-state index contributed by atoms with van der Waals surface area (Å²) in [5.74, 6) is -0.166. The summed E-state index contributed by atoms with van der Waals surface area (Å²) in [6.07, 6.45) is 0. The molecule has 2 aromatic rings. The SMILES string of the molecule is COCC(=O)Nc1cccc(NCc2cc(Br)c(Br)s2)c1. The van der Waals surface area contributed by atoms with Crippen molar-refractivity contribution in [3.05, 3.63) is 43.5 Å². The van der Waals surface area contributed by atoms with Gasteiger partial charge in [0.25, 0.3) is 0 Å². The van der Waals surface area contributed by atoms with E-state index in [2.05, 4.69) is 48.6 Å². The first-order chi connectivity index (χ1) is 10.1. The molecule has 2 N–H and O–H groups in total. The van der Waals surface area contributed by atoms with E-state index in [1.54, 1.807) is 11.3 Å². The number of anilines is 2. The van der Waals surface area contributed by atoms with Gasteiger partial charge in [-0.25, -0.2) is 0 Å². The molecule has 0 aliphatic rings. The number of nitrogens with one attached hydrogen (secondary N) is 2. The largest absolute Gasteiger partial charge is 0.380 e. The number of halogens is 2. The summed E-state index contributed by atoms with van der Waals surface area (Å²) < 4.78 is 6.93. The van der Waals surface area contributed by atoms with Crippen LogP contribution in [0.3, 0.4) is 0 Å². The second-order valence-electron chi connectivity index (χ2n) is 4.25. The van der Waals surface area contributed by atoms with Crippen LogP contribution < -0.4 is 10.6 Å². The van der Waals surface area contributed by atoms with Gasteiger partial charge >= 0.3 is 0 Å². The molecule has 0 spiro atoms. The van der Waals surface area contributed by atoms with Crippen LogP contribution in [0.4, 0.5) is 11.4 Å². The molecule has 0 aliphatic carbocycles. The fourth-order valence-electron chi connectivity index (χ4n) is 1.70. The normalized spacial score (nSPS) is 10.4. The zero-order valence-electron chi connectivity index (χ0n) is 11.3. The Hall–Kier alpha value is -0.890. The van der Waals surface area contributed by atoms with Gasteiger partial charge in [-0.15, -0.1) is 11.3 Å². The van der Waals surface area contributed by atoms with Gasteiger partial charge in [0.1, 0.15) is 6.61 Å². The minimum Gasteiger partial charge on any atom is -0.380 e. The Labute approximate surface area is 144 Å². The van der Waals surface area contributed by atoms with Gasteiger partial charge in [0.05, 0.1) is 3.79 Å². The Balaban J connectivity index is 1.96. The van der Waals surface area contributed by atoms with Crippen LogP contribution in [-0.4, -0.2) is 19.6 Å². The fourth-order valence-corrected chi connectivity index (χ4v) is 3.82. The molecule has 0 saturated heterocycles. The molecule has 1 heterocycles. The molecule has 4 nitrogen and oxygen atoms in total. The zero-order chi connectivity index (χ0) is 15.2. The summed E-state index contributed by atoms with van der Waals surface area (Å²) in [6, 6.07) is 9.67. The van der Waals surface area contributed by atoms with Gasteiger partial charge in [-0.3, -0.25) is 4.79 Å². The Kier molecular flexibility index (Phi) is 6.22. The molecule has 0 unspecified atom stereocenters. The summed E-state index contributed by atoms with van der Waals surface area (Å²) in [5, 5.41) is 6.11. The van der Waals surface area contributed by atoms with Crippen molar-refractivity contribution in [3.8, 4) is 0 Å². The van der Waals surface area contributed by atoms with Gasteiger partial charge in [-0.2, -0.15) is 0 Å². The van der Waals surface area contributed by atoms with Gasteiger partial charge in [0.15, 0.2) is 0 Å². The molecule has 112 valence electrons. The van der Waals surface area contributed by atoms with E-state index in [-0.39, 0.29) is 12.5 Å². The van der Waals surface area contributed by atoms with Crippen molar-refractivity contribution in [1.82, 2.24) is 0 Å². The van der Waals surface area contributed by atoms with Crippen LogP contribution >= 0.6 is 43.2 Å². The van der Waals surface area contributed by atoms with Crippen molar-refractivity contribution in [3.63, 3.8) is 0 Å². The molecule has 0 fully saturated rings. The van der Waals surface area contributed by atoms with Gasteiger partial charge in [0.2, 0.25) is 5.91 Å². The maximum Gasteiger partial charge on any atom is 0.250 e. The second-order valence-corrected chi connectivity index (χ2v) is 7.56. The molecule has 1 aromatic carbocycles. The first-order valence-electron chi connectivity index (χ1n) is 6.15. The maximum atomic E-state index is 11.5. The predicted molar refractivity (Wildman–Crippen MR) is 94.0 cm³/mol.